The van der Waals surface area contributed by atoms with Crippen molar-refractivity contribution >= 4 is 0 Å². The molecule has 0 aromatic heterocycles. The van der Waals surface area contributed by atoms with Crippen LogP contribution in [0.25, 0.3) is 0 Å². The highest BCUT2D eigenvalue weighted by Gasteiger charge is 2.31. The molecule has 2 saturated heterocycles. The van der Waals surface area contributed by atoms with Crippen LogP contribution in [0.1, 0.15) is 24.3 Å². The van der Waals surface area contributed by atoms with Crippen LogP contribution < -0.4 is 5.32 Å². The molecule has 112 valence electrons. The molecule has 2 fully saturated rings. The molecular weight excluding hydrogens is 262 g/mol. The summed E-state index contributed by atoms with van der Waals surface area (Å²) >= 11 is 0. The summed E-state index contributed by atoms with van der Waals surface area (Å²) in [5, 5.41) is 12.7. The van der Waals surface area contributed by atoms with Crippen LogP contribution in [0.2, 0.25) is 0 Å². The molecule has 4 heteroatoms. The molecule has 4 nitrogen and oxygen atoms in total. The third-order valence-electron chi connectivity index (χ3n) is 4.54. The van der Waals surface area contributed by atoms with Crippen LogP contribution in [0.4, 0.5) is 0 Å². The summed E-state index contributed by atoms with van der Waals surface area (Å²) in [6, 6.07) is 13.0. The van der Waals surface area contributed by atoms with Crippen molar-refractivity contribution < 1.29 is 4.74 Å². The van der Waals surface area contributed by atoms with Gasteiger partial charge in [-0.2, -0.15) is 5.26 Å². The molecule has 3 rings (SSSR count). The Bertz CT molecular complexity index is 485. The van der Waals surface area contributed by atoms with E-state index < -0.39 is 0 Å². The van der Waals surface area contributed by atoms with Gasteiger partial charge in [0.25, 0.3) is 0 Å². The maximum absolute atomic E-state index is 9.31. The van der Waals surface area contributed by atoms with E-state index in [1.165, 1.54) is 19.4 Å². The van der Waals surface area contributed by atoms with E-state index in [0.717, 1.165) is 25.3 Å². The lowest BCUT2D eigenvalue weighted by Gasteiger charge is -2.35. The normalized spacial score (nSPS) is 27.0. The Morgan fingerprint density at radius 3 is 3.05 bits per heavy atom. The molecule has 1 aromatic carbocycles. The van der Waals surface area contributed by atoms with Crippen molar-refractivity contribution in [3.63, 3.8) is 0 Å². The van der Waals surface area contributed by atoms with Crippen LogP contribution in [0.3, 0.4) is 0 Å². The van der Waals surface area contributed by atoms with Crippen molar-refractivity contribution in [3.8, 4) is 6.07 Å². The maximum Gasteiger partial charge on any atom is 0.0837 e. The third-order valence-corrected chi connectivity index (χ3v) is 4.54. The molecule has 3 atom stereocenters. The summed E-state index contributed by atoms with van der Waals surface area (Å²) in [4.78, 5) is 2.55. The molecule has 21 heavy (non-hydrogen) atoms. The second kappa shape index (κ2) is 7.04. The van der Waals surface area contributed by atoms with Crippen molar-refractivity contribution in [2.24, 2.45) is 0 Å². The van der Waals surface area contributed by atoms with E-state index in [9.17, 15) is 5.26 Å². The van der Waals surface area contributed by atoms with Gasteiger partial charge in [-0.1, -0.05) is 30.3 Å². The second-order valence-electron chi connectivity index (χ2n) is 6.00. The fourth-order valence-corrected chi connectivity index (χ4v) is 3.32. The number of nitrogens with zero attached hydrogens (tertiary/aromatic N) is 2. The number of benzene rings is 1. The number of fused-ring (bicyclic) bond motifs is 1. The lowest BCUT2D eigenvalue weighted by Crippen LogP contribution is -2.49. The summed E-state index contributed by atoms with van der Waals surface area (Å²) < 4.78 is 5.93. The average Bonchev–Trinajstić information content (AvgIpc) is 3.00. The minimum absolute atomic E-state index is 0.0886. The zero-order chi connectivity index (χ0) is 14.5. The van der Waals surface area contributed by atoms with Crippen molar-refractivity contribution in [1.29, 1.82) is 5.26 Å². The molecule has 0 aliphatic carbocycles. The van der Waals surface area contributed by atoms with Gasteiger partial charge in [0, 0.05) is 25.7 Å². The van der Waals surface area contributed by atoms with Crippen LogP contribution in [0.5, 0.6) is 0 Å². The fraction of sp³-hybridized carbons (Fsp3) is 0.588. The highest BCUT2D eigenvalue weighted by Crippen LogP contribution is 2.22. The van der Waals surface area contributed by atoms with E-state index in [0.29, 0.717) is 12.6 Å². The number of ether oxygens (including phenoxy) is 1. The number of hydrogen-bond donors (Lipinski definition) is 1. The predicted octanol–water partition coefficient (Wildman–Crippen LogP) is 1.75. The molecular formula is C17H23N3O. The quantitative estimate of drug-likeness (QED) is 0.895. The molecule has 1 N–H and O–H groups in total. The SMILES string of the molecule is N#CC(CNCC1CN2CCCC2CO1)c1ccccc1. The van der Waals surface area contributed by atoms with Gasteiger partial charge < -0.3 is 10.1 Å². The van der Waals surface area contributed by atoms with Crippen molar-refractivity contribution in [1.82, 2.24) is 10.2 Å². The summed E-state index contributed by atoms with van der Waals surface area (Å²) in [5.41, 5.74) is 1.08. The molecule has 2 aliphatic heterocycles. The molecule has 0 amide bonds. The molecule has 2 heterocycles. The Morgan fingerprint density at radius 1 is 1.38 bits per heavy atom. The van der Waals surface area contributed by atoms with Crippen molar-refractivity contribution in [2.75, 3.05) is 32.8 Å². The minimum Gasteiger partial charge on any atom is -0.374 e. The van der Waals surface area contributed by atoms with Crippen molar-refractivity contribution in [2.45, 2.75) is 30.9 Å². The summed E-state index contributed by atoms with van der Waals surface area (Å²) in [6.45, 7) is 4.63. The van der Waals surface area contributed by atoms with E-state index in [2.05, 4.69) is 16.3 Å². The largest absolute Gasteiger partial charge is 0.374 e. The lowest BCUT2D eigenvalue weighted by molar-refractivity contribution is -0.0468. The molecule has 0 radical (unpaired) electrons. The van der Waals surface area contributed by atoms with Gasteiger partial charge in [-0.05, 0) is 24.9 Å². The van der Waals surface area contributed by atoms with Crippen LogP contribution >= 0.6 is 0 Å². The maximum atomic E-state index is 9.31. The van der Waals surface area contributed by atoms with Gasteiger partial charge in [0.1, 0.15) is 0 Å². The molecule has 0 spiro atoms. The molecule has 2 aliphatic rings. The second-order valence-corrected chi connectivity index (χ2v) is 6.00. The molecule has 3 unspecified atom stereocenters. The van der Waals surface area contributed by atoms with E-state index in [1.807, 2.05) is 30.3 Å². The van der Waals surface area contributed by atoms with Crippen LogP contribution in [-0.2, 0) is 4.74 Å². The number of nitrogens with one attached hydrogen (secondary N) is 1. The van der Waals surface area contributed by atoms with Gasteiger partial charge in [0.15, 0.2) is 0 Å². The Balaban J connectivity index is 1.44. The Morgan fingerprint density at radius 2 is 2.24 bits per heavy atom. The first-order valence-corrected chi connectivity index (χ1v) is 7.88. The monoisotopic (exact) mass is 285 g/mol. The molecule has 0 saturated carbocycles. The number of nitriles is 1. The summed E-state index contributed by atoms with van der Waals surface area (Å²) in [6.07, 6.45) is 2.85. The van der Waals surface area contributed by atoms with Crippen LogP contribution in [0.15, 0.2) is 30.3 Å². The average molecular weight is 285 g/mol. The molecule has 0 bridgehead atoms. The Labute approximate surface area is 126 Å². The van der Waals surface area contributed by atoms with Crippen LogP contribution in [0, 0.1) is 11.3 Å². The highest BCUT2D eigenvalue weighted by molar-refractivity contribution is 5.25. The smallest absolute Gasteiger partial charge is 0.0837 e. The zero-order valence-corrected chi connectivity index (χ0v) is 12.4. The van der Waals surface area contributed by atoms with Gasteiger partial charge in [-0.25, -0.2) is 0 Å². The van der Waals surface area contributed by atoms with Gasteiger partial charge in [0.05, 0.1) is 24.7 Å². The van der Waals surface area contributed by atoms with E-state index in [1.54, 1.807) is 0 Å². The van der Waals surface area contributed by atoms with Gasteiger partial charge in [0.2, 0.25) is 0 Å². The van der Waals surface area contributed by atoms with E-state index in [4.69, 9.17) is 4.74 Å². The minimum atomic E-state index is -0.0886. The van der Waals surface area contributed by atoms with Gasteiger partial charge >= 0.3 is 0 Å². The number of hydrogen-bond acceptors (Lipinski definition) is 4. The topological polar surface area (TPSA) is 48.3 Å². The molecule has 1 aromatic rings. The Hall–Kier alpha value is -1.41. The van der Waals surface area contributed by atoms with Gasteiger partial charge in [-0.15, -0.1) is 0 Å². The number of morpholine rings is 1. The summed E-state index contributed by atoms with van der Waals surface area (Å²) in [5.74, 6) is -0.0886. The van der Waals surface area contributed by atoms with Gasteiger partial charge in [-0.3, -0.25) is 4.90 Å². The lowest BCUT2D eigenvalue weighted by atomic mass is 10.0. The standard InChI is InChI=1S/C17H23N3O/c18-9-15(14-5-2-1-3-6-14)10-19-11-17-12-20-8-4-7-16(20)13-21-17/h1-3,5-6,15-17,19H,4,7-8,10-13H2. The van der Waals surface area contributed by atoms with E-state index >= 15 is 0 Å². The van der Waals surface area contributed by atoms with E-state index in [-0.39, 0.29) is 12.0 Å². The first kappa shape index (κ1) is 14.5. The summed E-state index contributed by atoms with van der Waals surface area (Å²) in [7, 11) is 0. The third kappa shape index (κ3) is 3.62. The first-order chi connectivity index (χ1) is 10.4. The highest BCUT2D eigenvalue weighted by atomic mass is 16.5. The number of rotatable bonds is 5. The fourth-order valence-electron chi connectivity index (χ4n) is 3.32. The predicted molar refractivity (Wildman–Crippen MR) is 82.0 cm³/mol. The van der Waals surface area contributed by atoms with Crippen molar-refractivity contribution in [3.05, 3.63) is 35.9 Å². The first-order valence-electron chi connectivity index (χ1n) is 7.88. The van der Waals surface area contributed by atoms with Crippen LogP contribution in [-0.4, -0.2) is 49.8 Å². The zero-order valence-electron chi connectivity index (χ0n) is 12.4. The Kier molecular flexibility index (Phi) is 4.87.